The largest absolute Gasteiger partial charge is 0.439 e. The van der Waals surface area contributed by atoms with Gasteiger partial charge in [-0.1, -0.05) is 12.1 Å². The number of hydrogen-bond donors (Lipinski definition) is 3. The Morgan fingerprint density at radius 1 is 1.31 bits per heavy atom. The van der Waals surface area contributed by atoms with Crippen molar-refractivity contribution in [2.24, 2.45) is 5.73 Å². The molecule has 4 heteroatoms. The normalized spacial score (nSPS) is 20.5. The molecule has 16 heavy (non-hydrogen) atoms. The number of aliphatic hydroxyl groups is 2. The van der Waals surface area contributed by atoms with E-state index >= 15 is 0 Å². The summed E-state index contributed by atoms with van der Waals surface area (Å²) in [5, 5.41) is 18.8. The fourth-order valence-corrected chi connectivity index (χ4v) is 2.09. The Bertz CT molecular complexity index is 386. The minimum absolute atomic E-state index is 0.189. The van der Waals surface area contributed by atoms with E-state index < -0.39 is 5.97 Å². The maximum atomic E-state index is 9.38. The average Bonchev–Trinajstić information content (AvgIpc) is 3.02. The first-order chi connectivity index (χ1) is 7.66. The maximum absolute atomic E-state index is 9.38. The molecule has 1 aliphatic heterocycles. The predicted molar refractivity (Wildman–Crippen MR) is 60.0 cm³/mol. The lowest BCUT2D eigenvalue weighted by atomic mass is 10.0. The number of ether oxygens (including phenoxy) is 1. The van der Waals surface area contributed by atoms with Crippen molar-refractivity contribution < 1.29 is 14.9 Å². The number of hydrogen-bond acceptors (Lipinski definition) is 4. The molecule has 1 aromatic carbocycles. The van der Waals surface area contributed by atoms with Gasteiger partial charge in [0.2, 0.25) is 0 Å². The quantitative estimate of drug-likeness (QED) is 0.613. The van der Waals surface area contributed by atoms with Crippen LogP contribution in [0.2, 0.25) is 0 Å². The van der Waals surface area contributed by atoms with Gasteiger partial charge in [0, 0.05) is 5.56 Å². The average molecular weight is 223 g/mol. The highest BCUT2D eigenvalue weighted by Crippen LogP contribution is 2.46. The predicted octanol–water partition coefficient (Wildman–Crippen LogP) is 0.712. The molecule has 2 aliphatic rings. The standard InChI is InChI=1S/C11H12O3.CH5N/c12-11(13)6-9-8(7-4-5-7)2-1-3-10(9)14-11;1-2/h1-3,7,12-13H,4-6H2;2H2,1H3. The van der Waals surface area contributed by atoms with E-state index in [0.717, 1.165) is 5.56 Å². The molecule has 3 rings (SSSR count). The molecule has 0 atom stereocenters. The fourth-order valence-electron chi connectivity index (χ4n) is 2.09. The minimum Gasteiger partial charge on any atom is -0.439 e. The van der Waals surface area contributed by atoms with Gasteiger partial charge in [0.05, 0.1) is 6.42 Å². The first kappa shape index (κ1) is 11.4. The van der Waals surface area contributed by atoms with Crippen LogP contribution in [0.4, 0.5) is 0 Å². The Labute approximate surface area is 94.7 Å². The van der Waals surface area contributed by atoms with Gasteiger partial charge in [-0.3, -0.25) is 0 Å². The third-order valence-electron chi connectivity index (χ3n) is 2.87. The number of benzene rings is 1. The molecule has 1 fully saturated rings. The molecule has 0 bridgehead atoms. The third kappa shape index (κ3) is 2.04. The van der Waals surface area contributed by atoms with Crippen LogP contribution in [0, 0.1) is 0 Å². The van der Waals surface area contributed by atoms with Crippen molar-refractivity contribution >= 4 is 0 Å². The van der Waals surface area contributed by atoms with Crippen molar-refractivity contribution in [3.63, 3.8) is 0 Å². The topological polar surface area (TPSA) is 75.7 Å². The van der Waals surface area contributed by atoms with Gasteiger partial charge in [-0.2, -0.15) is 0 Å². The maximum Gasteiger partial charge on any atom is 0.326 e. The van der Waals surface area contributed by atoms with E-state index in [9.17, 15) is 10.2 Å². The molecule has 0 spiro atoms. The number of fused-ring (bicyclic) bond motifs is 1. The van der Waals surface area contributed by atoms with E-state index in [2.05, 4.69) is 11.8 Å². The second-order valence-electron chi connectivity index (χ2n) is 4.12. The third-order valence-corrected chi connectivity index (χ3v) is 2.87. The summed E-state index contributed by atoms with van der Waals surface area (Å²) in [6.07, 6.45) is 2.61. The summed E-state index contributed by atoms with van der Waals surface area (Å²) in [7, 11) is 1.50. The summed E-state index contributed by atoms with van der Waals surface area (Å²) in [4.78, 5) is 0. The molecule has 1 aromatic rings. The fraction of sp³-hybridized carbons (Fsp3) is 0.500. The van der Waals surface area contributed by atoms with E-state index in [0.29, 0.717) is 11.7 Å². The van der Waals surface area contributed by atoms with Gasteiger partial charge in [-0.05, 0) is 37.4 Å². The zero-order valence-electron chi connectivity index (χ0n) is 9.31. The summed E-state index contributed by atoms with van der Waals surface area (Å²) in [6, 6.07) is 5.75. The van der Waals surface area contributed by atoms with Crippen molar-refractivity contribution in [3.8, 4) is 5.75 Å². The lowest BCUT2D eigenvalue weighted by molar-refractivity contribution is -0.279. The molecular formula is C12H17NO3. The smallest absolute Gasteiger partial charge is 0.326 e. The Morgan fingerprint density at radius 2 is 2.00 bits per heavy atom. The van der Waals surface area contributed by atoms with Crippen molar-refractivity contribution in [3.05, 3.63) is 29.3 Å². The first-order valence-corrected chi connectivity index (χ1v) is 5.49. The van der Waals surface area contributed by atoms with Crippen molar-refractivity contribution in [1.29, 1.82) is 0 Å². The van der Waals surface area contributed by atoms with E-state index in [1.165, 1.54) is 25.5 Å². The van der Waals surface area contributed by atoms with Crippen molar-refractivity contribution in [2.75, 3.05) is 7.05 Å². The van der Waals surface area contributed by atoms with Gasteiger partial charge in [0.25, 0.3) is 0 Å². The molecule has 4 N–H and O–H groups in total. The van der Waals surface area contributed by atoms with Gasteiger partial charge in [-0.15, -0.1) is 0 Å². The minimum atomic E-state index is -1.99. The second kappa shape index (κ2) is 4.05. The summed E-state index contributed by atoms with van der Waals surface area (Å²) in [6.45, 7) is 0. The number of rotatable bonds is 1. The van der Waals surface area contributed by atoms with E-state index in [1.54, 1.807) is 6.07 Å². The van der Waals surface area contributed by atoms with Crippen LogP contribution in [-0.2, 0) is 6.42 Å². The van der Waals surface area contributed by atoms with Crippen LogP contribution in [0.1, 0.15) is 29.9 Å². The molecule has 1 saturated carbocycles. The first-order valence-electron chi connectivity index (χ1n) is 5.49. The summed E-state index contributed by atoms with van der Waals surface area (Å²) in [5.74, 6) is -0.755. The van der Waals surface area contributed by atoms with E-state index in [4.69, 9.17) is 4.74 Å². The van der Waals surface area contributed by atoms with Crippen LogP contribution in [0.15, 0.2) is 18.2 Å². The van der Waals surface area contributed by atoms with Gasteiger partial charge in [0.15, 0.2) is 0 Å². The highest BCUT2D eigenvalue weighted by molar-refractivity contribution is 5.46. The van der Waals surface area contributed by atoms with Gasteiger partial charge in [0.1, 0.15) is 5.75 Å². The molecule has 1 aliphatic carbocycles. The molecule has 1 heterocycles. The van der Waals surface area contributed by atoms with Crippen molar-refractivity contribution in [1.82, 2.24) is 0 Å². The van der Waals surface area contributed by atoms with Crippen LogP contribution in [0.25, 0.3) is 0 Å². The lowest BCUT2D eigenvalue weighted by Gasteiger charge is -2.12. The Hall–Kier alpha value is -1.10. The van der Waals surface area contributed by atoms with Crippen LogP contribution >= 0.6 is 0 Å². The Kier molecular flexibility index (Phi) is 2.88. The van der Waals surface area contributed by atoms with Gasteiger partial charge in [-0.25, -0.2) is 0 Å². The monoisotopic (exact) mass is 223 g/mol. The highest BCUT2D eigenvalue weighted by atomic mass is 16.8. The van der Waals surface area contributed by atoms with Crippen LogP contribution < -0.4 is 10.5 Å². The zero-order valence-corrected chi connectivity index (χ0v) is 9.31. The Morgan fingerprint density at radius 3 is 2.62 bits per heavy atom. The van der Waals surface area contributed by atoms with Crippen LogP contribution in [0.5, 0.6) is 5.75 Å². The summed E-state index contributed by atoms with van der Waals surface area (Å²) >= 11 is 0. The molecule has 0 radical (unpaired) electrons. The number of nitrogens with two attached hydrogens (primary N) is 1. The highest BCUT2D eigenvalue weighted by Gasteiger charge is 2.39. The molecule has 0 saturated heterocycles. The zero-order chi connectivity index (χ0) is 11.8. The van der Waals surface area contributed by atoms with Crippen molar-refractivity contribution in [2.45, 2.75) is 31.2 Å². The summed E-state index contributed by atoms with van der Waals surface area (Å²) < 4.78 is 5.02. The molecule has 0 aromatic heterocycles. The molecule has 0 amide bonds. The SMILES string of the molecule is CN.OC1(O)Cc2c(cccc2C2CC2)O1. The second-order valence-corrected chi connectivity index (χ2v) is 4.12. The molecule has 88 valence electrons. The molecular weight excluding hydrogens is 206 g/mol. The summed E-state index contributed by atoms with van der Waals surface area (Å²) in [5.41, 5.74) is 6.70. The molecule has 4 nitrogen and oxygen atoms in total. The van der Waals surface area contributed by atoms with E-state index in [1.807, 2.05) is 6.07 Å². The Balaban J connectivity index is 0.000000457. The van der Waals surface area contributed by atoms with E-state index in [-0.39, 0.29) is 6.42 Å². The van der Waals surface area contributed by atoms with Gasteiger partial charge >= 0.3 is 5.97 Å². The van der Waals surface area contributed by atoms with Crippen LogP contribution in [-0.4, -0.2) is 23.2 Å². The van der Waals surface area contributed by atoms with Crippen LogP contribution in [0.3, 0.4) is 0 Å². The van der Waals surface area contributed by atoms with Gasteiger partial charge < -0.3 is 20.7 Å². The molecule has 0 unspecified atom stereocenters. The lowest BCUT2D eigenvalue weighted by Crippen LogP contribution is -2.32.